The number of nitrogens with zero attached hydrogens (tertiary/aromatic N) is 5. The summed E-state index contributed by atoms with van der Waals surface area (Å²) in [5, 5.41) is 1.28. The smallest absolute Gasteiger partial charge is 0.280 e. The minimum absolute atomic E-state index is 0. The van der Waals surface area contributed by atoms with Crippen LogP contribution in [0.25, 0.3) is 21.3 Å². The average molecular weight is 490 g/mol. The predicted molar refractivity (Wildman–Crippen MR) is 130 cm³/mol. The van der Waals surface area contributed by atoms with E-state index in [0.717, 1.165) is 35.4 Å². The van der Waals surface area contributed by atoms with Crippen molar-refractivity contribution < 1.29 is 9.53 Å². The van der Waals surface area contributed by atoms with Crippen molar-refractivity contribution in [2.75, 3.05) is 44.3 Å². The standard InChI is InChI=1S/C22H20ClN5O2S.ClH/c23-15-5-6-18-20(13-15)31-22(26-18)28(8-7-27-9-11-30-12-10-27)21(29)19-14-24-16-3-1-2-4-17(16)25-19;/h1-6,13-14H,7-12H2;1H. The predicted octanol–water partition coefficient (Wildman–Crippen LogP) is 4.29. The molecule has 2 aromatic carbocycles. The van der Waals surface area contributed by atoms with Crippen LogP contribution < -0.4 is 4.90 Å². The number of carbonyl (C=O) groups is 1. The first-order valence-corrected chi connectivity index (χ1v) is 11.3. The van der Waals surface area contributed by atoms with Gasteiger partial charge in [-0.1, -0.05) is 35.1 Å². The van der Waals surface area contributed by atoms with E-state index in [1.54, 1.807) is 4.90 Å². The summed E-state index contributed by atoms with van der Waals surface area (Å²) in [7, 11) is 0. The Kier molecular flexibility index (Phi) is 7.17. The van der Waals surface area contributed by atoms with Crippen LogP contribution in [0, 0.1) is 0 Å². The lowest BCUT2D eigenvalue weighted by Crippen LogP contribution is -2.43. The molecule has 0 radical (unpaired) electrons. The molecular weight excluding hydrogens is 469 g/mol. The third-order valence-corrected chi connectivity index (χ3v) is 6.50. The van der Waals surface area contributed by atoms with Gasteiger partial charge in [0.25, 0.3) is 5.91 Å². The molecule has 1 saturated heterocycles. The van der Waals surface area contributed by atoms with Crippen molar-refractivity contribution in [1.29, 1.82) is 0 Å². The molecule has 4 aromatic rings. The number of anilines is 1. The van der Waals surface area contributed by atoms with Gasteiger partial charge in [0.05, 0.1) is 40.7 Å². The Morgan fingerprint density at radius 1 is 1.09 bits per heavy atom. The van der Waals surface area contributed by atoms with Crippen LogP contribution in [0.1, 0.15) is 10.5 Å². The summed E-state index contributed by atoms with van der Waals surface area (Å²) in [6.45, 7) is 4.36. The average Bonchev–Trinajstić information content (AvgIpc) is 3.22. The van der Waals surface area contributed by atoms with Gasteiger partial charge in [0.2, 0.25) is 0 Å². The van der Waals surface area contributed by atoms with E-state index in [9.17, 15) is 4.79 Å². The third kappa shape index (κ3) is 4.84. The Bertz CT molecular complexity index is 1250. The van der Waals surface area contributed by atoms with E-state index >= 15 is 0 Å². The highest BCUT2D eigenvalue weighted by atomic mass is 35.5. The molecule has 10 heteroatoms. The molecule has 0 N–H and O–H groups in total. The minimum atomic E-state index is -0.211. The van der Waals surface area contributed by atoms with Crippen LogP contribution in [0.2, 0.25) is 5.02 Å². The molecule has 0 spiro atoms. The zero-order valence-electron chi connectivity index (χ0n) is 17.1. The van der Waals surface area contributed by atoms with Gasteiger partial charge in [-0.3, -0.25) is 19.6 Å². The molecule has 7 nitrogen and oxygen atoms in total. The van der Waals surface area contributed by atoms with Crippen LogP contribution in [0.15, 0.2) is 48.7 Å². The molecule has 1 aliphatic rings. The van der Waals surface area contributed by atoms with Crippen LogP contribution >= 0.6 is 35.3 Å². The molecule has 0 bridgehead atoms. The van der Waals surface area contributed by atoms with E-state index in [-0.39, 0.29) is 18.3 Å². The Hall–Kier alpha value is -2.36. The number of morpholine rings is 1. The molecule has 32 heavy (non-hydrogen) atoms. The summed E-state index contributed by atoms with van der Waals surface area (Å²) < 4.78 is 6.38. The molecule has 0 saturated carbocycles. The summed E-state index contributed by atoms with van der Waals surface area (Å²) in [6.07, 6.45) is 1.54. The number of amides is 1. The largest absolute Gasteiger partial charge is 0.379 e. The van der Waals surface area contributed by atoms with Crippen LogP contribution in [-0.2, 0) is 4.74 Å². The molecule has 1 aliphatic heterocycles. The van der Waals surface area contributed by atoms with E-state index < -0.39 is 0 Å². The number of hydrogen-bond acceptors (Lipinski definition) is 7. The second-order valence-corrected chi connectivity index (χ2v) is 8.71. The molecule has 1 fully saturated rings. The minimum Gasteiger partial charge on any atom is -0.379 e. The number of aromatic nitrogens is 3. The fourth-order valence-corrected chi connectivity index (χ4v) is 4.82. The molecule has 1 amide bonds. The van der Waals surface area contributed by atoms with Gasteiger partial charge in [-0.25, -0.2) is 9.97 Å². The van der Waals surface area contributed by atoms with E-state index in [1.165, 1.54) is 17.5 Å². The Morgan fingerprint density at radius 3 is 2.69 bits per heavy atom. The van der Waals surface area contributed by atoms with Crippen molar-refractivity contribution >= 4 is 67.6 Å². The molecule has 166 valence electrons. The summed E-state index contributed by atoms with van der Waals surface area (Å²) in [4.78, 5) is 31.2. The maximum atomic E-state index is 13.5. The van der Waals surface area contributed by atoms with Gasteiger partial charge in [0.15, 0.2) is 5.13 Å². The number of rotatable bonds is 5. The lowest BCUT2D eigenvalue weighted by Gasteiger charge is -2.29. The normalized spacial score (nSPS) is 14.4. The summed E-state index contributed by atoms with van der Waals surface area (Å²) in [6, 6.07) is 13.1. The third-order valence-electron chi connectivity index (χ3n) is 5.23. The highest BCUT2D eigenvalue weighted by molar-refractivity contribution is 7.22. The molecule has 3 heterocycles. The lowest BCUT2D eigenvalue weighted by molar-refractivity contribution is 0.0391. The number of halogens is 2. The van der Waals surface area contributed by atoms with Crippen LogP contribution in [0.3, 0.4) is 0 Å². The number of carbonyl (C=O) groups excluding carboxylic acids is 1. The van der Waals surface area contributed by atoms with Gasteiger partial charge in [-0.05, 0) is 30.3 Å². The van der Waals surface area contributed by atoms with Gasteiger partial charge >= 0.3 is 0 Å². The first-order chi connectivity index (χ1) is 15.2. The van der Waals surface area contributed by atoms with Crippen molar-refractivity contribution in [2.45, 2.75) is 0 Å². The number of thiazole rings is 1. The fourth-order valence-electron chi connectivity index (χ4n) is 3.55. The molecular formula is C22H21Cl2N5O2S. The Balaban J connectivity index is 0.00000245. The van der Waals surface area contributed by atoms with Gasteiger partial charge in [0.1, 0.15) is 5.69 Å². The van der Waals surface area contributed by atoms with Crippen LogP contribution in [0.5, 0.6) is 0 Å². The van der Waals surface area contributed by atoms with E-state index in [0.29, 0.717) is 41.1 Å². The van der Waals surface area contributed by atoms with Crippen molar-refractivity contribution in [3.8, 4) is 0 Å². The zero-order valence-corrected chi connectivity index (χ0v) is 19.5. The van der Waals surface area contributed by atoms with Gasteiger partial charge < -0.3 is 4.74 Å². The van der Waals surface area contributed by atoms with E-state index in [2.05, 4.69) is 14.9 Å². The molecule has 0 unspecified atom stereocenters. The van der Waals surface area contributed by atoms with Crippen molar-refractivity contribution in [3.05, 3.63) is 59.4 Å². The maximum absolute atomic E-state index is 13.5. The van der Waals surface area contributed by atoms with Crippen molar-refractivity contribution in [2.24, 2.45) is 0 Å². The second-order valence-electron chi connectivity index (χ2n) is 7.26. The van der Waals surface area contributed by atoms with E-state index in [1.807, 2.05) is 42.5 Å². The van der Waals surface area contributed by atoms with Crippen LogP contribution in [0.4, 0.5) is 5.13 Å². The summed E-state index contributed by atoms with van der Waals surface area (Å²) >= 11 is 7.60. The Morgan fingerprint density at radius 2 is 1.88 bits per heavy atom. The molecule has 0 aliphatic carbocycles. The van der Waals surface area contributed by atoms with Crippen LogP contribution in [-0.4, -0.2) is 65.2 Å². The quantitative estimate of drug-likeness (QED) is 0.416. The second kappa shape index (κ2) is 10.1. The highest BCUT2D eigenvalue weighted by Gasteiger charge is 2.24. The highest BCUT2D eigenvalue weighted by Crippen LogP contribution is 2.31. The number of ether oxygens (including phenoxy) is 1. The SMILES string of the molecule is Cl.O=C(c1cnc2ccccc2n1)N(CCN1CCOCC1)c1nc2ccc(Cl)cc2s1. The van der Waals surface area contributed by atoms with Gasteiger partial charge in [-0.2, -0.15) is 0 Å². The molecule has 5 rings (SSSR count). The number of hydrogen-bond donors (Lipinski definition) is 0. The first-order valence-electron chi connectivity index (χ1n) is 10.1. The molecule has 2 aromatic heterocycles. The van der Waals surface area contributed by atoms with Crippen molar-refractivity contribution in [1.82, 2.24) is 19.9 Å². The van der Waals surface area contributed by atoms with Gasteiger partial charge in [0, 0.05) is 31.2 Å². The van der Waals surface area contributed by atoms with Crippen molar-refractivity contribution in [3.63, 3.8) is 0 Å². The molecule has 0 atom stereocenters. The summed E-state index contributed by atoms with van der Waals surface area (Å²) in [5.41, 5.74) is 2.57. The Labute approximate surface area is 200 Å². The summed E-state index contributed by atoms with van der Waals surface area (Å²) in [5.74, 6) is -0.211. The first kappa shape index (κ1) is 22.8. The maximum Gasteiger partial charge on any atom is 0.280 e. The topological polar surface area (TPSA) is 71.5 Å². The number of benzene rings is 2. The van der Waals surface area contributed by atoms with E-state index in [4.69, 9.17) is 21.3 Å². The zero-order chi connectivity index (χ0) is 21.2. The monoisotopic (exact) mass is 489 g/mol. The lowest BCUT2D eigenvalue weighted by atomic mass is 10.3. The number of fused-ring (bicyclic) bond motifs is 2. The number of para-hydroxylation sites is 2. The van der Waals surface area contributed by atoms with Gasteiger partial charge in [-0.15, -0.1) is 12.4 Å². The fraction of sp³-hybridized carbons (Fsp3) is 0.273.